The maximum Gasteiger partial charge on any atom is -0.0171 e. The summed E-state index contributed by atoms with van der Waals surface area (Å²) in [5.41, 5.74) is 14.1. The Morgan fingerprint density at radius 1 is 0.310 bits per heavy atom. The lowest BCUT2D eigenvalue weighted by molar-refractivity contribution is 1.38. The first kappa shape index (κ1) is 19.2. The summed E-state index contributed by atoms with van der Waals surface area (Å²) in [5, 5.41) is 0. The van der Waals surface area contributed by atoms with Crippen LogP contribution in [0.15, 0.2) is 78.9 Å². The third-order valence-corrected chi connectivity index (χ3v) is 5.39. The summed E-state index contributed by atoms with van der Waals surface area (Å²) < 4.78 is 0. The van der Waals surface area contributed by atoms with Gasteiger partial charge in [-0.1, -0.05) is 88.5 Å². The molecule has 0 heteroatoms. The van der Waals surface area contributed by atoms with Crippen LogP contribution < -0.4 is 0 Å². The maximum atomic E-state index is 2.34. The molecule has 4 rings (SSSR count). The minimum Gasteiger partial charge on any atom is -0.0614 e. The molecule has 0 aliphatic heterocycles. The van der Waals surface area contributed by atoms with Gasteiger partial charge < -0.3 is 0 Å². The average Bonchev–Trinajstić information content (AvgIpc) is 2.66. The SMILES string of the molecule is Cc1cccc(-c2cc(-c3cc(C)cc(C)c3)cc(-c3cc(C)cc(C)c3)c2)c1. The fourth-order valence-corrected chi connectivity index (χ4v) is 4.23. The summed E-state index contributed by atoms with van der Waals surface area (Å²) >= 11 is 0. The molecule has 4 aromatic carbocycles. The molecule has 4 aromatic rings. The van der Waals surface area contributed by atoms with Crippen LogP contribution in [-0.4, -0.2) is 0 Å². The van der Waals surface area contributed by atoms with Crippen LogP contribution in [0.2, 0.25) is 0 Å². The number of hydrogen-bond donors (Lipinski definition) is 0. The standard InChI is InChI=1S/C29H28/c1-19-7-6-8-24(11-19)27-16-28(25-12-20(2)9-21(3)13-25)18-29(17-27)26-14-22(4)10-23(5)15-26/h6-18H,1-5H3. The molecule has 0 aliphatic carbocycles. The van der Waals surface area contributed by atoms with Crippen molar-refractivity contribution in [2.24, 2.45) is 0 Å². The van der Waals surface area contributed by atoms with Crippen LogP contribution >= 0.6 is 0 Å². The summed E-state index contributed by atoms with van der Waals surface area (Å²) in [6.07, 6.45) is 0. The van der Waals surface area contributed by atoms with Gasteiger partial charge in [-0.15, -0.1) is 0 Å². The van der Waals surface area contributed by atoms with Crippen molar-refractivity contribution in [3.05, 3.63) is 107 Å². The van der Waals surface area contributed by atoms with Gasteiger partial charge in [0.25, 0.3) is 0 Å². The molecule has 0 unspecified atom stereocenters. The third kappa shape index (κ3) is 4.32. The van der Waals surface area contributed by atoms with E-state index in [0.29, 0.717) is 0 Å². The first-order valence-electron chi connectivity index (χ1n) is 10.3. The highest BCUT2D eigenvalue weighted by Crippen LogP contribution is 2.34. The van der Waals surface area contributed by atoms with Crippen LogP contribution in [0.25, 0.3) is 33.4 Å². The molecule has 0 radical (unpaired) electrons. The van der Waals surface area contributed by atoms with Gasteiger partial charge >= 0.3 is 0 Å². The summed E-state index contributed by atoms with van der Waals surface area (Å²) in [5.74, 6) is 0. The molecule has 0 bridgehead atoms. The predicted octanol–water partition coefficient (Wildman–Crippen LogP) is 8.23. The number of benzene rings is 4. The van der Waals surface area contributed by atoms with Gasteiger partial charge in [0.15, 0.2) is 0 Å². The van der Waals surface area contributed by atoms with Crippen LogP contribution in [0, 0.1) is 34.6 Å². The Hall–Kier alpha value is -3.12. The van der Waals surface area contributed by atoms with Crippen LogP contribution in [0.4, 0.5) is 0 Å². The largest absolute Gasteiger partial charge is 0.0614 e. The zero-order valence-electron chi connectivity index (χ0n) is 18.0. The zero-order chi connectivity index (χ0) is 20.5. The fraction of sp³-hybridized carbons (Fsp3) is 0.172. The van der Waals surface area contributed by atoms with Crippen molar-refractivity contribution in [3.8, 4) is 33.4 Å². The number of hydrogen-bond acceptors (Lipinski definition) is 0. The van der Waals surface area contributed by atoms with Crippen molar-refractivity contribution in [1.29, 1.82) is 0 Å². The topological polar surface area (TPSA) is 0 Å². The van der Waals surface area contributed by atoms with Crippen LogP contribution in [0.5, 0.6) is 0 Å². The van der Waals surface area contributed by atoms with Gasteiger partial charge in [-0.05, 0) is 86.2 Å². The third-order valence-electron chi connectivity index (χ3n) is 5.39. The van der Waals surface area contributed by atoms with Gasteiger partial charge in [-0.25, -0.2) is 0 Å². The molecule has 0 N–H and O–H groups in total. The second-order valence-electron chi connectivity index (χ2n) is 8.42. The molecule has 144 valence electrons. The monoisotopic (exact) mass is 376 g/mol. The Morgan fingerprint density at radius 3 is 1.07 bits per heavy atom. The Kier molecular flexibility index (Phi) is 5.11. The van der Waals surface area contributed by atoms with Crippen molar-refractivity contribution in [3.63, 3.8) is 0 Å². The van der Waals surface area contributed by atoms with E-state index in [-0.39, 0.29) is 0 Å². The number of aryl methyl sites for hydroxylation is 5. The van der Waals surface area contributed by atoms with Crippen LogP contribution in [0.3, 0.4) is 0 Å². The van der Waals surface area contributed by atoms with E-state index in [1.165, 1.54) is 61.2 Å². The number of rotatable bonds is 3. The lowest BCUT2D eigenvalue weighted by Crippen LogP contribution is -1.89. The molecule has 0 aliphatic rings. The summed E-state index contributed by atoms with van der Waals surface area (Å²) in [6, 6.07) is 29.4. The molecule has 0 atom stereocenters. The smallest absolute Gasteiger partial charge is 0.0171 e. The summed E-state index contributed by atoms with van der Waals surface area (Å²) in [4.78, 5) is 0. The molecule has 0 saturated carbocycles. The van der Waals surface area contributed by atoms with Crippen LogP contribution in [0.1, 0.15) is 27.8 Å². The van der Waals surface area contributed by atoms with E-state index in [1.807, 2.05) is 0 Å². The lowest BCUT2D eigenvalue weighted by atomic mass is 9.91. The second-order valence-corrected chi connectivity index (χ2v) is 8.42. The molecular formula is C29H28. The van der Waals surface area contributed by atoms with E-state index in [1.54, 1.807) is 0 Å². The molecule has 0 spiro atoms. The summed E-state index contributed by atoms with van der Waals surface area (Å²) in [6.45, 7) is 10.8. The fourth-order valence-electron chi connectivity index (χ4n) is 4.23. The molecule has 0 amide bonds. The minimum absolute atomic E-state index is 1.26. The Bertz CT molecular complexity index is 1080. The Balaban J connectivity index is 1.96. The van der Waals surface area contributed by atoms with E-state index in [0.717, 1.165) is 0 Å². The van der Waals surface area contributed by atoms with E-state index in [4.69, 9.17) is 0 Å². The van der Waals surface area contributed by atoms with Crippen molar-refractivity contribution in [2.45, 2.75) is 34.6 Å². The van der Waals surface area contributed by atoms with E-state index >= 15 is 0 Å². The second kappa shape index (κ2) is 7.72. The molecule has 0 aromatic heterocycles. The molecule has 0 nitrogen and oxygen atoms in total. The van der Waals surface area contributed by atoms with Crippen LogP contribution in [-0.2, 0) is 0 Å². The highest BCUT2D eigenvalue weighted by atomic mass is 14.1. The van der Waals surface area contributed by atoms with Gasteiger partial charge in [0.05, 0.1) is 0 Å². The van der Waals surface area contributed by atoms with Crippen molar-refractivity contribution >= 4 is 0 Å². The molecule has 0 saturated heterocycles. The highest BCUT2D eigenvalue weighted by Gasteiger charge is 2.09. The van der Waals surface area contributed by atoms with E-state index in [2.05, 4.69) is 113 Å². The Labute approximate surface area is 174 Å². The first-order valence-corrected chi connectivity index (χ1v) is 10.3. The van der Waals surface area contributed by atoms with Gasteiger partial charge in [-0.2, -0.15) is 0 Å². The van der Waals surface area contributed by atoms with Crippen molar-refractivity contribution in [1.82, 2.24) is 0 Å². The zero-order valence-corrected chi connectivity index (χ0v) is 18.0. The van der Waals surface area contributed by atoms with Gasteiger partial charge in [0.1, 0.15) is 0 Å². The normalized spacial score (nSPS) is 10.9. The van der Waals surface area contributed by atoms with Gasteiger partial charge in [0, 0.05) is 0 Å². The lowest BCUT2D eigenvalue weighted by Gasteiger charge is -2.13. The van der Waals surface area contributed by atoms with Crippen molar-refractivity contribution < 1.29 is 0 Å². The van der Waals surface area contributed by atoms with Gasteiger partial charge in [0.2, 0.25) is 0 Å². The van der Waals surface area contributed by atoms with Gasteiger partial charge in [-0.3, -0.25) is 0 Å². The minimum atomic E-state index is 1.26. The first-order chi connectivity index (χ1) is 13.9. The molecule has 0 fully saturated rings. The summed E-state index contributed by atoms with van der Waals surface area (Å²) in [7, 11) is 0. The Morgan fingerprint density at radius 2 is 0.655 bits per heavy atom. The highest BCUT2D eigenvalue weighted by molar-refractivity contribution is 5.82. The maximum absolute atomic E-state index is 2.34. The predicted molar refractivity (Wildman–Crippen MR) is 126 cm³/mol. The average molecular weight is 377 g/mol. The molecular weight excluding hydrogens is 348 g/mol. The molecule has 0 heterocycles. The van der Waals surface area contributed by atoms with Crippen molar-refractivity contribution in [2.75, 3.05) is 0 Å². The van der Waals surface area contributed by atoms with E-state index in [9.17, 15) is 0 Å². The quantitative estimate of drug-likeness (QED) is 0.338. The molecule has 29 heavy (non-hydrogen) atoms. The van der Waals surface area contributed by atoms with E-state index < -0.39 is 0 Å².